The van der Waals surface area contributed by atoms with E-state index in [1.54, 1.807) is 13.0 Å². The molecule has 10 heteroatoms. The highest BCUT2D eigenvalue weighted by atomic mass is 32.2. The molecule has 8 nitrogen and oxygen atoms in total. The fourth-order valence-corrected chi connectivity index (χ4v) is 3.34. The van der Waals surface area contributed by atoms with Gasteiger partial charge in [0.2, 0.25) is 5.91 Å². The fourth-order valence-electron chi connectivity index (χ4n) is 2.66. The third-order valence-electron chi connectivity index (χ3n) is 4.22. The molecule has 0 fully saturated rings. The predicted octanol–water partition coefficient (Wildman–Crippen LogP) is 4.05. The summed E-state index contributed by atoms with van der Waals surface area (Å²) in [6, 6.07) is 6.90. The van der Waals surface area contributed by atoms with Gasteiger partial charge < -0.3 is 20.3 Å². The van der Waals surface area contributed by atoms with Crippen molar-refractivity contribution in [1.29, 1.82) is 0 Å². The van der Waals surface area contributed by atoms with Crippen molar-refractivity contribution in [3.63, 3.8) is 0 Å². The molecular weight excluding hydrogens is 441 g/mol. The van der Waals surface area contributed by atoms with Crippen molar-refractivity contribution in [2.75, 3.05) is 5.75 Å². The van der Waals surface area contributed by atoms with E-state index < -0.39 is 35.0 Å². The average Bonchev–Trinajstić information content (AvgIpc) is 2.70. The Hall–Kier alpha value is -3.66. The number of hydrogen-bond donors (Lipinski definition) is 3. The molecule has 1 atom stereocenters. The molecule has 2 rings (SSSR count). The van der Waals surface area contributed by atoms with Gasteiger partial charge >= 0.3 is 17.2 Å². The molecule has 1 unspecified atom stereocenters. The lowest BCUT2D eigenvalue weighted by Gasteiger charge is -2.13. The van der Waals surface area contributed by atoms with Crippen LogP contribution in [-0.2, 0) is 9.59 Å². The van der Waals surface area contributed by atoms with Crippen molar-refractivity contribution in [1.82, 2.24) is 5.32 Å². The number of carbonyl (C=O) groups excluding carboxylic acids is 2. The fraction of sp³-hybridized carbons (Fsp3) is 0.182. The molecule has 0 bridgehead atoms. The lowest BCUT2D eigenvalue weighted by atomic mass is 9.99. The summed E-state index contributed by atoms with van der Waals surface area (Å²) >= 11 is 0.460. The SMILES string of the molecule is C=C(C)c1ccc(-c2ccc(OC(=O)SCC(NC(C)=O)C(=O)O)c(C(=O)O)c2)c(F)c1. The van der Waals surface area contributed by atoms with E-state index in [0.29, 0.717) is 22.9 Å². The van der Waals surface area contributed by atoms with E-state index in [9.17, 15) is 28.7 Å². The van der Waals surface area contributed by atoms with Crippen LogP contribution in [0.3, 0.4) is 0 Å². The smallest absolute Gasteiger partial charge is 0.372 e. The van der Waals surface area contributed by atoms with Gasteiger partial charge in [-0.1, -0.05) is 30.4 Å². The number of carboxylic acid groups (broad SMARTS) is 2. The number of amides is 1. The lowest BCUT2D eigenvalue weighted by molar-refractivity contribution is -0.140. The first-order valence-corrected chi connectivity index (χ1v) is 10.2. The molecule has 0 saturated heterocycles. The number of allylic oxidation sites excluding steroid dienone is 1. The number of carboxylic acids is 2. The maximum atomic E-state index is 14.5. The molecule has 0 heterocycles. The van der Waals surface area contributed by atoms with Crippen molar-refractivity contribution in [2.45, 2.75) is 19.9 Å². The molecule has 2 aromatic carbocycles. The number of rotatable bonds is 8. The van der Waals surface area contributed by atoms with Crippen LogP contribution in [0.15, 0.2) is 43.0 Å². The number of halogens is 1. The zero-order valence-electron chi connectivity index (χ0n) is 17.2. The van der Waals surface area contributed by atoms with Gasteiger partial charge in [-0.2, -0.15) is 0 Å². The molecule has 0 aliphatic heterocycles. The van der Waals surface area contributed by atoms with Gasteiger partial charge in [-0.05, 0) is 48.0 Å². The number of ether oxygens (including phenoxy) is 1. The topological polar surface area (TPSA) is 130 Å². The molecule has 0 radical (unpaired) electrons. The van der Waals surface area contributed by atoms with Crippen LogP contribution in [0.2, 0.25) is 0 Å². The highest BCUT2D eigenvalue weighted by molar-refractivity contribution is 8.13. The Bertz CT molecular complexity index is 1100. The Kier molecular flexibility index (Phi) is 8.14. The van der Waals surface area contributed by atoms with Gasteiger partial charge in [0, 0.05) is 18.2 Å². The average molecular weight is 461 g/mol. The summed E-state index contributed by atoms with van der Waals surface area (Å²) in [4.78, 5) is 45.9. The minimum absolute atomic E-state index is 0.157. The number of nitrogens with one attached hydrogen (secondary N) is 1. The minimum atomic E-state index is -1.40. The quantitative estimate of drug-likeness (QED) is 0.502. The first kappa shape index (κ1) is 24.6. The Balaban J connectivity index is 2.22. The van der Waals surface area contributed by atoms with Crippen LogP contribution < -0.4 is 10.1 Å². The van der Waals surface area contributed by atoms with Crippen molar-refractivity contribution in [3.8, 4) is 16.9 Å². The van der Waals surface area contributed by atoms with Crippen molar-refractivity contribution >= 4 is 40.5 Å². The number of aromatic carboxylic acids is 1. The first-order valence-electron chi connectivity index (χ1n) is 9.17. The molecule has 3 N–H and O–H groups in total. The van der Waals surface area contributed by atoms with Gasteiger partial charge in [-0.3, -0.25) is 4.79 Å². The zero-order valence-corrected chi connectivity index (χ0v) is 18.0. The molecule has 168 valence electrons. The van der Waals surface area contributed by atoms with Crippen LogP contribution in [0.25, 0.3) is 16.7 Å². The Morgan fingerprint density at radius 1 is 1.12 bits per heavy atom. The third-order valence-corrected chi connectivity index (χ3v) is 5.04. The summed E-state index contributed by atoms with van der Waals surface area (Å²) < 4.78 is 19.6. The monoisotopic (exact) mass is 461 g/mol. The summed E-state index contributed by atoms with van der Waals surface area (Å²) in [5, 5.41) is 19.8. The molecule has 1 amide bonds. The van der Waals surface area contributed by atoms with Gasteiger partial charge in [0.25, 0.3) is 0 Å². The molecule has 0 aliphatic rings. The first-order chi connectivity index (χ1) is 15.0. The van der Waals surface area contributed by atoms with Gasteiger partial charge in [-0.25, -0.2) is 18.8 Å². The largest absolute Gasteiger partial charge is 0.480 e. The summed E-state index contributed by atoms with van der Waals surface area (Å²) in [7, 11) is 0. The van der Waals surface area contributed by atoms with E-state index in [-0.39, 0.29) is 28.2 Å². The number of carbonyl (C=O) groups is 4. The van der Waals surface area contributed by atoms with Crippen LogP contribution in [0, 0.1) is 5.82 Å². The van der Waals surface area contributed by atoms with Crippen molar-refractivity contribution in [3.05, 3.63) is 59.9 Å². The predicted molar refractivity (Wildman–Crippen MR) is 117 cm³/mol. The molecule has 0 spiro atoms. The zero-order chi connectivity index (χ0) is 24.0. The highest BCUT2D eigenvalue weighted by Crippen LogP contribution is 2.31. The van der Waals surface area contributed by atoms with Gasteiger partial charge in [-0.15, -0.1) is 0 Å². The van der Waals surface area contributed by atoms with Crippen molar-refractivity contribution in [2.24, 2.45) is 0 Å². The van der Waals surface area contributed by atoms with Crippen LogP contribution in [-0.4, -0.2) is 45.2 Å². The van der Waals surface area contributed by atoms with Crippen LogP contribution in [0.5, 0.6) is 5.75 Å². The van der Waals surface area contributed by atoms with Crippen LogP contribution >= 0.6 is 11.8 Å². The van der Waals surface area contributed by atoms with E-state index >= 15 is 0 Å². The van der Waals surface area contributed by atoms with E-state index in [1.807, 2.05) is 0 Å². The third kappa shape index (κ3) is 6.42. The van der Waals surface area contributed by atoms with E-state index in [1.165, 1.54) is 30.3 Å². The minimum Gasteiger partial charge on any atom is -0.480 e. The maximum Gasteiger partial charge on any atom is 0.372 e. The Labute approximate surface area is 187 Å². The Morgan fingerprint density at radius 2 is 1.81 bits per heavy atom. The summed E-state index contributed by atoms with van der Waals surface area (Å²) in [6.07, 6.45) is 0. The lowest BCUT2D eigenvalue weighted by Crippen LogP contribution is -2.41. The number of thioether (sulfide) groups is 1. The normalized spacial score (nSPS) is 11.3. The molecule has 0 aliphatic carbocycles. The summed E-state index contributed by atoms with van der Waals surface area (Å²) in [5.74, 6) is -4.51. The van der Waals surface area contributed by atoms with Crippen LogP contribution in [0.4, 0.5) is 9.18 Å². The van der Waals surface area contributed by atoms with E-state index in [4.69, 9.17) is 9.84 Å². The van der Waals surface area contributed by atoms with Gasteiger partial charge in [0.1, 0.15) is 23.2 Å². The van der Waals surface area contributed by atoms with Gasteiger partial charge in [0.05, 0.1) is 0 Å². The number of benzene rings is 2. The Morgan fingerprint density at radius 3 is 2.34 bits per heavy atom. The van der Waals surface area contributed by atoms with Crippen LogP contribution in [0.1, 0.15) is 29.8 Å². The number of aliphatic carboxylic acids is 1. The molecule has 0 saturated carbocycles. The molecular formula is C22H20FNO7S. The molecule has 32 heavy (non-hydrogen) atoms. The highest BCUT2D eigenvalue weighted by Gasteiger charge is 2.22. The second kappa shape index (κ2) is 10.6. The molecule has 2 aromatic rings. The van der Waals surface area contributed by atoms with Gasteiger partial charge in [0.15, 0.2) is 0 Å². The second-order valence-electron chi connectivity index (χ2n) is 6.75. The summed E-state index contributed by atoms with van der Waals surface area (Å²) in [6.45, 7) is 6.61. The van der Waals surface area contributed by atoms with Crippen molar-refractivity contribution < 1.29 is 38.5 Å². The summed E-state index contributed by atoms with van der Waals surface area (Å²) in [5.41, 5.74) is 1.31. The van der Waals surface area contributed by atoms with E-state index in [2.05, 4.69) is 11.9 Å². The second-order valence-corrected chi connectivity index (χ2v) is 7.70. The standard InChI is InChI=1S/C22H20FNO7S/c1-11(2)13-4-6-15(17(23)9-13)14-5-7-19(16(8-14)20(26)27)31-22(30)32-10-18(21(28)29)24-12(3)25/h4-9,18H,1,10H2,2-3H3,(H,24,25)(H,26,27)(H,28,29). The molecule has 0 aromatic heterocycles. The maximum absolute atomic E-state index is 14.5. The van der Waals surface area contributed by atoms with E-state index in [0.717, 1.165) is 6.92 Å². The number of hydrogen-bond acceptors (Lipinski definition) is 6.